The van der Waals surface area contributed by atoms with Gasteiger partial charge in [0.05, 0.1) is 0 Å². The average molecular weight is 368 g/mol. The number of carbonyl (C=O) groups excluding carboxylic acids is 2. The molecule has 1 aromatic rings. The van der Waals surface area contributed by atoms with Gasteiger partial charge in [0, 0.05) is 35.6 Å². The molecule has 0 radical (unpaired) electrons. The maximum atomic E-state index is 11.9. The van der Waals surface area contributed by atoms with Crippen molar-refractivity contribution in [2.75, 3.05) is 19.6 Å². The average Bonchev–Trinajstić information content (AvgIpc) is 2.99. The van der Waals surface area contributed by atoms with Crippen molar-refractivity contribution in [1.82, 2.24) is 16.0 Å². The third-order valence-electron chi connectivity index (χ3n) is 3.64. The summed E-state index contributed by atoms with van der Waals surface area (Å²) in [5.74, 6) is -0.0134. The van der Waals surface area contributed by atoms with E-state index in [1.54, 1.807) is 12.1 Å². The van der Waals surface area contributed by atoms with Gasteiger partial charge in [-0.05, 0) is 44.0 Å². The first-order valence-corrected chi connectivity index (χ1v) is 8.48. The van der Waals surface area contributed by atoms with E-state index in [2.05, 4.69) is 31.9 Å². The fraction of sp³-hybridized carbons (Fsp3) is 0.500. The molecule has 22 heavy (non-hydrogen) atoms. The Morgan fingerprint density at radius 2 is 2.09 bits per heavy atom. The highest BCUT2D eigenvalue weighted by Crippen LogP contribution is 2.11. The molecule has 1 aromatic carbocycles. The van der Waals surface area contributed by atoms with Crippen molar-refractivity contribution in [3.63, 3.8) is 0 Å². The molecule has 2 amide bonds. The fourth-order valence-corrected chi connectivity index (χ4v) is 2.88. The van der Waals surface area contributed by atoms with E-state index >= 15 is 0 Å². The Morgan fingerprint density at radius 3 is 2.82 bits per heavy atom. The van der Waals surface area contributed by atoms with Crippen LogP contribution in [0.2, 0.25) is 0 Å². The minimum absolute atomic E-state index is 0.0812. The van der Waals surface area contributed by atoms with Crippen molar-refractivity contribution in [3.8, 4) is 0 Å². The third-order valence-corrected chi connectivity index (χ3v) is 4.14. The SMILES string of the molecule is O=C(CC1CCCN1)NCCCNC(=O)c1cccc(Br)c1. The van der Waals surface area contributed by atoms with Crippen LogP contribution in [0.25, 0.3) is 0 Å². The van der Waals surface area contributed by atoms with Gasteiger partial charge in [0.2, 0.25) is 5.91 Å². The van der Waals surface area contributed by atoms with E-state index in [0.29, 0.717) is 31.1 Å². The number of rotatable bonds is 7. The topological polar surface area (TPSA) is 70.2 Å². The molecule has 0 aromatic heterocycles. The third kappa shape index (κ3) is 5.77. The van der Waals surface area contributed by atoms with Crippen LogP contribution in [-0.4, -0.2) is 37.5 Å². The molecule has 1 heterocycles. The number of amides is 2. The van der Waals surface area contributed by atoms with Gasteiger partial charge in [-0.25, -0.2) is 0 Å². The maximum absolute atomic E-state index is 11.9. The molecule has 1 unspecified atom stereocenters. The largest absolute Gasteiger partial charge is 0.356 e. The monoisotopic (exact) mass is 367 g/mol. The van der Waals surface area contributed by atoms with Crippen LogP contribution in [0.3, 0.4) is 0 Å². The second-order valence-corrected chi connectivity index (χ2v) is 6.38. The van der Waals surface area contributed by atoms with Gasteiger partial charge in [-0.3, -0.25) is 9.59 Å². The summed E-state index contributed by atoms with van der Waals surface area (Å²) in [4.78, 5) is 23.6. The summed E-state index contributed by atoms with van der Waals surface area (Å²) in [5.41, 5.74) is 0.630. The summed E-state index contributed by atoms with van der Waals surface area (Å²) in [6.07, 6.45) is 3.50. The van der Waals surface area contributed by atoms with Gasteiger partial charge in [0.25, 0.3) is 5.91 Å². The highest BCUT2D eigenvalue weighted by Gasteiger charge is 2.17. The predicted molar refractivity (Wildman–Crippen MR) is 89.7 cm³/mol. The number of hydrogen-bond donors (Lipinski definition) is 3. The summed E-state index contributed by atoms with van der Waals surface area (Å²) in [5, 5.41) is 9.05. The molecular formula is C16H22BrN3O2. The van der Waals surface area contributed by atoms with E-state index in [-0.39, 0.29) is 11.8 Å². The lowest BCUT2D eigenvalue weighted by atomic mass is 10.1. The molecule has 3 N–H and O–H groups in total. The van der Waals surface area contributed by atoms with Gasteiger partial charge in [-0.1, -0.05) is 22.0 Å². The number of halogens is 1. The molecule has 1 atom stereocenters. The number of benzene rings is 1. The summed E-state index contributed by atoms with van der Waals surface area (Å²) in [6, 6.07) is 7.60. The first-order chi connectivity index (χ1) is 10.6. The summed E-state index contributed by atoms with van der Waals surface area (Å²) >= 11 is 3.34. The summed E-state index contributed by atoms with van der Waals surface area (Å²) in [7, 11) is 0. The van der Waals surface area contributed by atoms with Crippen LogP contribution in [-0.2, 0) is 4.79 Å². The first-order valence-electron chi connectivity index (χ1n) is 7.69. The molecule has 0 saturated carbocycles. The smallest absolute Gasteiger partial charge is 0.251 e. The first kappa shape index (κ1) is 17.0. The molecule has 6 heteroatoms. The van der Waals surface area contributed by atoms with Crippen LogP contribution >= 0.6 is 15.9 Å². The number of carbonyl (C=O) groups is 2. The van der Waals surface area contributed by atoms with E-state index in [1.165, 1.54) is 0 Å². The van der Waals surface area contributed by atoms with Crippen LogP contribution in [0.1, 0.15) is 36.0 Å². The van der Waals surface area contributed by atoms with E-state index in [1.807, 2.05) is 12.1 Å². The Hall–Kier alpha value is -1.40. The molecule has 1 aliphatic rings. The highest BCUT2D eigenvalue weighted by molar-refractivity contribution is 9.10. The lowest BCUT2D eigenvalue weighted by Gasteiger charge is -2.10. The zero-order valence-corrected chi connectivity index (χ0v) is 14.1. The van der Waals surface area contributed by atoms with E-state index in [9.17, 15) is 9.59 Å². The molecule has 2 rings (SSSR count). The Balaban J connectivity index is 1.57. The highest BCUT2D eigenvalue weighted by atomic mass is 79.9. The van der Waals surface area contributed by atoms with Crippen LogP contribution in [0.4, 0.5) is 0 Å². The Bertz CT molecular complexity index is 516. The van der Waals surface area contributed by atoms with E-state index in [0.717, 1.165) is 30.3 Å². The second kappa shape index (κ2) is 8.90. The van der Waals surface area contributed by atoms with E-state index in [4.69, 9.17) is 0 Å². The van der Waals surface area contributed by atoms with Crippen molar-refractivity contribution in [2.45, 2.75) is 31.7 Å². The molecule has 0 spiro atoms. The van der Waals surface area contributed by atoms with Gasteiger partial charge in [0.15, 0.2) is 0 Å². The maximum Gasteiger partial charge on any atom is 0.251 e. The predicted octanol–water partition coefficient (Wildman–Crippen LogP) is 1.83. The lowest BCUT2D eigenvalue weighted by molar-refractivity contribution is -0.121. The Labute approximate surface area is 139 Å². The molecule has 0 bridgehead atoms. The molecule has 120 valence electrons. The quantitative estimate of drug-likeness (QED) is 0.643. The van der Waals surface area contributed by atoms with Gasteiger partial charge >= 0.3 is 0 Å². The minimum Gasteiger partial charge on any atom is -0.356 e. The van der Waals surface area contributed by atoms with Crippen molar-refractivity contribution in [2.24, 2.45) is 0 Å². The van der Waals surface area contributed by atoms with Crippen molar-refractivity contribution < 1.29 is 9.59 Å². The van der Waals surface area contributed by atoms with Crippen LogP contribution in [0.15, 0.2) is 28.7 Å². The van der Waals surface area contributed by atoms with Crippen LogP contribution in [0, 0.1) is 0 Å². The summed E-state index contributed by atoms with van der Waals surface area (Å²) < 4.78 is 0.882. The molecule has 1 aliphatic heterocycles. The molecule has 1 saturated heterocycles. The van der Waals surface area contributed by atoms with Crippen LogP contribution < -0.4 is 16.0 Å². The molecule has 5 nitrogen and oxygen atoms in total. The van der Waals surface area contributed by atoms with Crippen molar-refractivity contribution >= 4 is 27.7 Å². The van der Waals surface area contributed by atoms with Crippen molar-refractivity contribution in [1.29, 1.82) is 0 Å². The van der Waals surface area contributed by atoms with E-state index < -0.39 is 0 Å². The summed E-state index contributed by atoms with van der Waals surface area (Å²) in [6.45, 7) is 2.15. The van der Waals surface area contributed by atoms with Gasteiger partial charge < -0.3 is 16.0 Å². The zero-order valence-electron chi connectivity index (χ0n) is 12.5. The normalized spacial score (nSPS) is 17.2. The van der Waals surface area contributed by atoms with Gasteiger partial charge in [0.1, 0.15) is 0 Å². The van der Waals surface area contributed by atoms with Gasteiger partial charge in [-0.2, -0.15) is 0 Å². The fourth-order valence-electron chi connectivity index (χ4n) is 2.48. The standard InChI is InChI=1S/C16H22BrN3O2/c17-13-5-1-4-12(10-13)16(22)20-9-3-8-19-15(21)11-14-6-2-7-18-14/h1,4-5,10,14,18H,2-3,6-9,11H2,(H,19,21)(H,20,22). The van der Waals surface area contributed by atoms with Crippen molar-refractivity contribution in [3.05, 3.63) is 34.3 Å². The van der Waals surface area contributed by atoms with Gasteiger partial charge in [-0.15, -0.1) is 0 Å². The Morgan fingerprint density at radius 1 is 1.27 bits per heavy atom. The second-order valence-electron chi connectivity index (χ2n) is 5.47. The number of nitrogens with one attached hydrogen (secondary N) is 3. The minimum atomic E-state index is -0.0946. The molecule has 0 aliphatic carbocycles. The lowest BCUT2D eigenvalue weighted by Crippen LogP contribution is -2.33. The zero-order chi connectivity index (χ0) is 15.8. The number of hydrogen-bond acceptors (Lipinski definition) is 3. The Kier molecular flexibility index (Phi) is 6.86. The molecular weight excluding hydrogens is 346 g/mol. The van der Waals surface area contributed by atoms with Crippen LogP contribution in [0.5, 0.6) is 0 Å². The molecule has 1 fully saturated rings.